The summed E-state index contributed by atoms with van der Waals surface area (Å²) in [4.78, 5) is 11.8. The van der Waals surface area contributed by atoms with Crippen LogP contribution in [0.1, 0.15) is 24.8 Å². The highest BCUT2D eigenvalue weighted by atomic mass is 32.2. The van der Waals surface area contributed by atoms with Gasteiger partial charge in [-0.15, -0.1) is 0 Å². The van der Waals surface area contributed by atoms with Crippen LogP contribution in [-0.2, 0) is 26.9 Å². The fourth-order valence-corrected chi connectivity index (χ4v) is 2.97. The van der Waals surface area contributed by atoms with Gasteiger partial charge in [-0.3, -0.25) is 9.00 Å². The molecular formula is C15H24N2O3S. The van der Waals surface area contributed by atoms with Gasteiger partial charge in [0.1, 0.15) is 0 Å². The van der Waals surface area contributed by atoms with E-state index in [1.54, 1.807) is 7.11 Å². The summed E-state index contributed by atoms with van der Waals surface area (Å²) >= 11 is 0. The van der Waals surface area contributed by atoms with E-state index in [9.17, 15) is 9.00 Å². The minimum absolute atomic E-state index is 0.0573. The van der Waals surface area contributed by atoms with Gasteiger partial charge in [0.25, 0.3) is 0 Å². The van der Waals surface area contributed by atoms with E-state index in [2.05, 4.69) is 5.32 Å². The molecule has 1 atom stereocenters. The van der Waals surface area contributed by atoms with Crippen LogP contribution in [0.4, 0.5) is 5.69 Å². The van der Waals surface area contributed by atoms with Gasteiger partial charge in [-0.05, 0) is 30.5 Å². The number of nitrogens with two attached hydrogens (primary N) is 1. The van der Waals surface area contributed by atoms with Gasteiger partial charge < -0.3 is 15.8 Å². The van der Waals surface area contributed by atoms with Crippen molar-refractivity contribution in [2.24, 2.45) is 5.73 Å². The van der Waals surface area contributed by atoms with Crippen LogP contribution in [0.3, 0.4) is 0 Å². The van der Waals surface area contributed by atoms with E-state index in [4.69, 9.17) is 10.5 Å². The normalized spacial score (nSPS) is 12.1. The summed E-state index contributed by atoms with van der Waals surface area (Å²) in [6.07, 6.45) is 1.80. The molecule has 118 valence electrons. The van der Waals surface area contributed by atoms with Crippen LogP contribution in [0.15, 0.2) is 24.3 Å². The van der Waals surface area contributed by atoms with Crippen LogP contribution in [0.2, 0.25) is 0 Å². The number of carbonyl (C=O) groups is 1. The molecule has 1 amide bonds. The molecule has 0 aliphatic carbocycles. The lowest BCUT2D eigenvalue weighted by molar-refractivity contribution is -0.116. The lowest BCUT2D eigenvalue weighted by Crippen LogP contribution is -2.13. The number of benzene rings is 1. The zero-order valence-electron chi connectivity index (χ0n) is 12.5. The SMILES string of the molecule is COCCCS(=O)CCCC(=O)Nc1cccc(CN)c1. The molecule has 0 bridgehead atoms. The first-order valence-electron chi connectivity index (χ1n) is 7.08. The third-order valence-corrected chi connectivity index (χ3v) is 4.43. The molecule has 3 N–H and O–H groups in total. The van der Waals surface area contributed by atoms with Crippen LogP contribution in [0.5, 0.6) is 0 Å². The van der Waals surface area contributed by atoms with E-state index in [1.807, 2.05) is 24.3 Å². The number of hydrogen-bond donors (Lipinski definition) is 2. The van der Waals surface area contributed by atoms with Gasteiger partial charge >= 0.3 is 0 Å². The predicted molar refractivity (Wildman–Crippen MR) is 86.6 cm³/mol. The Morgan fingerprint density at radius 1 is 1.33 bits per heavy atom. The molecule has 21 heavy (non-hydrogen) atoms. The number of hydrogen-bond acceptors (Lipinski definition) is 4. The summed E-state index contributed by atoms with van der Waals surface area (Å²) in [5.74, 6) is 1.13. The molecule has 0 radical (unpaired) electrons. The van der Waals surface area contributed by atoms with Crippen molar-refractivity contribution < 1.29 is 13.7 Å². The van der Waals surface area contributed by atoms with Crippen LogP contribution in [0, 0.1) is 0 Å². The number of methoxy groups -OCH3 is 1. The van der Waals surface area contributed by atoms with E-state index >= 15 is 0 Å². The molecular weight excluding hydrogens is 288 g/mol. The predicted octanol–water partition coefficient (Wildman–Crippen LogP) is 1.65. The van der Waals surface area contributed by atoms with Gasteiger partial charge in [0.05, 0.1) is 0 Å². The van der Waals surface area contributed by atoms with Gasteiger partial charge in [-0.2, -0.15) is 0 Å². The Kier molecular flexibility index (Phi) is 8.89. The molecule has 6 heteroatoms. The second-order valence-corrected chi connectivity index (χ2v) is 6.45. The molecule has 0 aliphatic heterocycles. The van der Waals surface area contributed by atoms with E-state index in [1.165, 1.54) is 0 Å². The molecule has 1 aromatic carbocycles. The molecule has 0 aromatic heterocycles. The number of carbonyl (C=O) groups excluding carboxylic acids is 1. The minimum atomic E-state index is -0.866. The van der Waals surface area contributed by atoms with Gasteiger partial charge in [0.15, 0.2) is 0 Å². The Balaban J connectivity index is 2.23. The Labute approximate surface area is 128 Å². The van der Waals surface area contributed by atoms with Crippen LogP contribution in [-0.4, -0.2) is 35.3 Å². The summed E-state index contributed by atoms with van der Waals surface area (Å²) in [5.41, 5.74) is 7.29. The largest absolute Gasteiger partial charge is 0.385 e. The standard InChI is InChI=1S/C15H24N2O3S/c1-20-8-4-10-21(19)9-3-7-15(18)17-14-6-2-5-13(11-14)12-16/h2,5-6,11H,3-4,7-10,12,16H2,1H3,(H,17,18). The maximum absolute atomic E-state index is 11.8. The van der Waals surface area contributed by atoms with Crippen LogP contribution < -0.4 is 11.1 Å². The van der Waals surface area contributed by atoms with Crippen molar-refractivity contribution in [1.82, 2.24) is 0 Å². The summed E-state index contributed by atoms with van der Waals surface area (Å²) < 4.78 is 16.6. The number of nitrogens with one attached hydrogen (secondary N) is 1. The molecule has 0 saturated heterocycles. The monoisotopic (exact) mass is 312 g/mol. The van der Waals surface area contributed by atoms with Crippen LogP contribution in [0.25, 0.3) is 0 Å². The number of amides is 1. The molecule has 0 saturated carbocycles. The van der Waals surface area contributed by atoms with Crippen LogP contribution >= 0.6 is 0 Å². The number of anilines is 1. The maximum Gasteiger partial charge on any atom is 0.224 e. The number of ether oxygens (including phenoxy) is 1. The number of rotatable bonds is 10. The topological polar surface area (TPSA) is 81.4 Å². The second kappa shape index (κ2) is 10.5. The zero-order valence-corrected chi connectivity index (χ0v) is 13.3. The van der Waals surface area contributed by atoms with Crippen molar-refractivity contribution in [1.29, 1.82) is 0 Å². The van der Waals surface area contributed by atoms with Crippen molar-refractivity contribution in [2.45, 2.75) is 25.8 Å². The van der Waals surface area contributed by atoms with Crippen molar-refractivity contribution >= 4 is 22.4 Å². The Hall–Kier alpha value is -1.24. The van der Waals surface area contributed by atoms with Gasteiger partial charge in [0.2, 0.25) is 5.91 Å². The maximum atomic E-state index is 11.8. The quantitative estimate of drug-likeness (QED) is 0.644. The first kappa shape index (κ1) is 17.8. The van der Waals surface area contributed by atoms with E-state index in [0.717, 1.165) is 17.7 Å². The molecule has 0 fully saturated rings. The fraction of sp³-hybridized carbons (Fsp3) is 0.533. The van der Waals surface area contributed by atoms with Gasteiger partial charge in [-0.1, -0.05) is 12.1 Å². The Morgan fingerprint density at radius 3 is 2.81 bits per heavy atom. The lowest BCUT2D eigenvalue weighted by atomic mass is 10.2. The van der Waals surface area contributed by atoms with Crippen molar-refractivity contribution in [2.75, 3.05) is 30.5 Å². The molecule has 1 aromatic rings. The molecule has 0 aliphatic rings. The average molecular weight is 312 g/mol. The molecule has 5 nitrogen and oxygen atoms in total. The smallest absolute Gasteiger partial charge is 0.224 e. The average Bonchev–Trinajstić information content (AvgIpc) is 2.47. The highest BCUT2D eigenvalue weighted by Gasteiger charge is 2.05. The highest BCUT2D eigenvalue weighted by Crippen LogP contribution is 2.10. The summed E-state index contributed by atoms with van der Waals surface area (Å²) in [7, 11) is 0.766. The van der Waals surface area contributed by atoms with E-state index in [0.29, 0.717) is 37.5 Å². The first-order valence-corrected chi connectivity index (χ1v) is 8.57. The summed E-state index contributed by atoms with van der Waals surface area (Å²) in [6.45, 7) is 1.08. The van der Waals surface area contributed by atoms with Crippen molar-refractivity contribution in [3.05, 3.63) is 29.8 Å². The highest BCUT2D eigenvalue weighted by molar-refractivity contribution is 7.84. The summed E-state index contributed by atoms with van der Waals surface area (Å²) in [5, 5.41) is 2.83. The first-order chi connectivity index (χ1) is 10.2. The third kappa shape index (κ3) is 7.94. The molecule has 0 spiro atoms. The molecule has 1 unspecified atom stereocenters. The van der Waals surface area contributed by atoms with E-state index in [-0.39, 0.29) is 5.91 Å². The Morgan fingerprint density at radius 2 is 2.10 bits per heavy atom. The molecule has 1 rings (SSSR count). The minimum Gasteiger partial charge on any atom is -0.385 e. The molecule has 0 heterocycles. The van der Waals surface area contributed by atoms with Gasteiger partial charge in [-0.25, -0.2) is 0 Å². The van der Waals surface area contributed by atoms with Crippen molar-refractivity contribution in [3.8, 4) is 0 Å². The Bertz CT molecular complexity index is 466. The fourth-order valence-electron chi connectivity index (χ4n) is 1.86. The van der Waals surface area contributed by atoms with Crippen molar-refractivity contribution in [3.63, 3.8) is 0 Å². The zero-order chi connectivity index (χ0) is 15.5. The second-order valence-electron chi connectivity index (χ2n) is 4.75. The third-order valence-electron chi connectivity index (χ3n) is 2.94. The van der Waals surface area contributed by atoms with E-state index < -0.39 is 10.8 Å². The summed E-state index contributed by atoms with van der Waals surface area (Å²) in [6, 6.07) is 7.47. The lowest BCUT2D eigenvalue weighted by Gasteiger charge is -2.07. The van der Waals surface area contributed by atoms with Gasteiger partial charge in [0, 0.05) is 54.7 Å².